The number of amides is 1. The third-order valence-electron chi connectivity index (χ3n) is 4.72. The number of benzene rings is 1. The number of carbonyl (C=O) groups excluding carboxylic acids is 1. The van der Waals surface area contributed by atoms with Gasteiger partial charge in [0.25, 0.3) is 0 Å². The van der Waals surface area contributed by atoms with E-state index in [9.17, 15) is 4.79 Å². The van der Waals surface area contributed by atoms with Gasteiger partial charge in [0.2, 0.25) is 5.91 Å². The van der Waals surface area contributed by atoms with Crippen molar-refractivity contribution in [1.29, 1.82) is 0 Å². The van der Waals surface area contributed by atoms with Gasteiger partial charge in [-0.1, -0.05) is 6.07 Å². The van der Waals surface area contributed by atoms with E-state index in [1.165, 1.54) is 0 Å². The highest BCUT2D eigenvalue weighted by Gasteiger charge is 2.68. The predicted octanol–water partition coefficient (Wildman–Crippen LogP) is 2.93. The highest BCUT2D eigenvalue weighted by molar-refractivity contribution is 6.53. The molecular formula is C16H20Cl2N2O2. The Morgan fingerprint density at radius 1 is 1.23 bits per heavy atom. The van der Waals surface area contributed by atoms with Crippen LogP contribution in [-0.4, -0.2) is 48.4 Å². The largest absolute Gasteiger partial charge is 0.497 e. The number of nitrogens with zero attached hydrogens (tertiary/aromatic N) is 2. The van der Waals surface area contributed by atoms with Crippen molar-refractivity contribution in [2.24, 2.45) is 5.41 Å². The summed E-state index contributed by atoms with van der Waals surface area (Å²) in [5, 5.41) is 0. The van der Waals surface area contributed by atoms with E-state index in [2.05, 4.69) is 11.0 Å². The highest BCUT2D eigenvalue weighted by atomic mass is 35.5. The van der Waals surface area contributed by atoms with Crippen LogP contribution < -0.4 is 9.64 Å². The molecule has 4 nitrogen and oxygen atoms in total. The van der Waals surface area contributed by atoms with Gasteiger partial charge in [-0.2, -0.15) is 0 Å². The first-order valence-corrected chi connectivity index (χ1v) is 8.19. The zero-order valence-electron chi connectivity index (χ0n) is 12.8. The first-order chi connectivity index (χ1) is 10.4. The monoisotopic (exact) mass is 342 g/mol. The maximum absolute atomic E-state index is 12.6. The number of halogens is 2. The smallest absolute Gasteiger partial charge is 0.231 e. The molecule has 0 N–H and O–H groups in total. The average molecular weight is 343 g/mol. The van der Waals surface area contributed by atoms with Crippen LogP contribution in [0.15, 0.2) is 24.3 Å². The van der Waals surface area contributed by atoms with Crippen molar-refractivity contribution in [1.82, 2.24) is 4.90 Å². The SMILES string of the molecule is COc1cccc(N2CCN(C(=O)[C@]3(C)CC3(Cl)Cl)CC2)c1. The van der Waals surface area contributed by atoms with Gasteiger partial charge in [0, 0.05) is 37.9 Å². The summed E-state index contributed by atoms with van der Waals surface area (Å²) in [5.74, 6) is 0.915. The Hall–Kier alpha value is -1.13. The van der Waals surface area contributed by atoms with Crippen molar-refractivity contribution < 1.29 is 9.53 Å². The van der Waals surface area contributed by atoms with Gasteiger partial charge in [-0.05, 0) is 25.5 Å². The molecular weight excluding hydrogens is 323 g/mol. The molecule has 1 amide bonds. The van der Waals surface area contributed by atoms with Crippen LogP contribution in [0.4, 0.5) is 5.69 Å². The molecule has 1 saturated carbocycles. The Morgan fingerprint density at radius 2 is 1.86 bits per heavy atom. The molecule has 0 radical (unpaired) electrons. The first-order valence-electron chi connectivity index (χ1n) is 7.44. The first kappa shape index (κ1) is 15.8. The average Bonchev–Trinajstić information content (AvgIpc) is 3.06. The Bertz CT molecular complexity index is 585. The topological polar surface area (TPSA) is 32.8 Å². The standard InChI is InChI=1S/C16H20Cl2N2O2/c1-15(11-16(15,17)18)14(21)20-8-6-19(7-9-20)12-4-3-5-13(10-12)22-2/h3-5,10H,6-9,11H2,1-2H3/t15-/m0/s1. The molecule has 1 aromatic rings. The highest BCUT2D eigenvalue weighted by Crippen LogP contribution is 2.64. The number of anilines is 1. The summed E-state index contributed by atoms with van der Waals surface area (Å²) < 4.78 is 4.37. The van der Waals surface area contributed by atoms with Gasteiger partial charge in [-0.15, -0.1) is 23.2 Å². The van der Waals surface area contributed by atoms with Gasteiger partial charge in [-0.3, -0.25) is 4.79 Å². The van der Waals surface area contributed by atoms with E-state index >= 15 is 0 Å². The summed E-state index contributed by atoms with van der Waals surface area (Å²) in [4.78, 5) is 16.7. The van der Waals surface area contributed by atoms with Gasteiger partial charge in [0.15, 0.2) is 0 Å². The number of carbonyl (C=O) groups is 1. The second-order valence-electron chi connectivity index (χ2n) is 6.19. The molecule has 1 aliphatic carbocycles. The van der Waals surface area contributed by atoms with Crippen molar-refractivity contribution in [2.75, 3.05) is 38.2 Å². The summed E-state index contributed by atoms with van der Waals surface area (Å²) >= 11 is 12.2. The number of ether oxygens (including phenoxy) is 1. The molecule has 0 aromatic heterocycles. The molecule has 6 heteroatoms. The Kier molecular flexibility index (Phi) is 3.94. The molecule has 0 spiro atoms. The quantitative estimate of drug-likeness (QED) is 0.791. The second-order valence-corrected chi connectivity index (χ2v) is 7.68. The lowest BCUT2D eigenvalue weighted by Crippen LogP contribution is -2.51. The summed E-state index contributed by atoms with van der Waals surface area (Å²) in [6.07, 6.45) is 0.540. The van der Waals surface area contributed by atoms with Crippen molar-refractivity contribution in [3.8, 4) is 5.75 Å². The Balaban J connectivity index is 1.62. The predicted molar refractivity (Wildman–Crippen MR) is 88.9 cm³/mol. The van der Waals surface area contributed by atoms with Crippen LogP contribution in [0.25, 0.3) is 0 Å². The maximum atomic E-state index is 12.6. The van der Waals surface area contributed by atoms with Crippen molar-refractivity contribution >= 4 is 34.8 Å². The fraction of sp³-hybridized carbons (Fsp3) is 0.562. The molecule has 0 bridgehead atoms. The fourth-order valence-electron chi connectivity index (χ4n) is 2.96. The summed E-state index contributed by atoms with van der Waals surface area (Å²) in [5.41, 5.74) is 0.502. The molecule has 1 aliphatic heterocycles. The molecule has 1 aromatic carbocycles. The van der Waals surface area contributed by atoms with Gasteiger partial charge in [0.05, 0.1) is 12.5 Å². The molecule has 22 heavy (non-hydrogen) atoms. The van der Waals surface area contributed by atoms with Crippen LogP contribution in [0.3, 0.4) is 0 Å². The lowest BCUT2D eigenvalue weighted by molar-refractivity contribution is -0.136. The van der Waals surface area contributed by atoms with E-state index < -0.39 is 9.75 Å². The van der Waals surface area contributed by atoms with Crippen molar-refractivity contribution in [2.45, 2.75) is 17.7 Å². The Labute approximate surface area is 140 Å². The molecule has 2 aliphatic rings. The van der Waals surface area contributed by atoms with Crippen molar-refractivity contribution in [3.05, 3.63) is 24.3 Å². The normalized spacial score (nSPS) is 26.7. The van der Waals surface area contributed by atoms with Gasteiger partial charge < -0.3 is 14.5 Å². The lowest BCUT2D eigenvalue weighted by Gasteiger charge is -2.37. The lowest BCUT2D eigenvalue weighted by atomic mass is 10.1. The van der Waals surface area contributed by atoms with Gasteiger partial charge in [0.1, 0.15) is 10.1 Å². The zero-order valence-corrected chi connectivity index (χ0v) is 14.3. The third kappa shape index (κ3) is 2.63. The number of rotatable bonds is 3. The van der Waals surface area contributed by atoms with Gasteiger partial charge in [-0.25, -0.2) is 0 Å². The van der Waals surface area contributed by atoms with Crippen LogP contribution in [0.1, 0.15) is 13.3 Å². The van der Waals surface area contributed by atoms with E-state index in [0.29, 0.717) is 19.5 Å². The van der Waals surface area contributed by atoms with Crippen LogP contribution in [-0.2, 0) is 4.79 Å². The minimum atomic E-state index is -0.895. The van der Waals surface area contributed by atoms with Crippen molar-refractivity contribution in [3.63, 3.8) is 0 Å². The van der Waals surface area contributed by atoms with Crippen LogP contribution in [0, 0.1) is 5.41 Å². The van der Waals surface area contributed by atoms with E-state index in [1.54, 1.807) is 7.11 Å². The van der Waals surface area contributed by atoms with E-state index in [1.807, 2.05) is 30.0 Å². The second kappa shape index (κ2) is 5.50. The summed E-state index contributed by atoms with van der Waals surface area (Å²) in [6, 6.07) is 7.98. The maximum Gasteiger partial charge on any atom is 0.231 e. The minimum absolute atomic E-state index is 0.0720. The minimum Gasteiger partial charge on any atom is -0.497 e. The molecule has 2 fully saturated rings. The molecule has 3 rings (SSSR count). The molecule has 1 heterocycles. The van der Waals surface area contributed by atoms with Crippen LogP contribution in [0.5, 0.6) is 5.75 Å². The fourth-order valence-corrected chi connectivity index (χ4v) is 3.65. The van der Waals surface area contributed by atoms with Crippen LogP contribution in [0.2, 0.25) is 0 Å². The van der Waals surface area contributed by atoms with Crippen LogP contribution >= 0.6 is 23.2 Å². The molecule has 0 unspecified atom stereocenters. The van der Waals surface area contributed by atoms with E-state index in [4.69, 9.17) is 27.9 Å². The number of hydrogen-bond acceptors (Lipinski definition) is 3. The number of hydrogen-bond donors (Lipinski definition) is 0. The molecule has 120 valence electrons. The Morgan fingerprint density at radius 3 is 2.41 bits per heavy atom. The van der Waals surface area contributed by atoms with E-state index in [0.717, 1.165) is 24.5 Å². The molecule has 1 atom stereocenters. The zero-order chi connectivity index (χ0) is 16.0. The molecule has 1 saturated heterocycles. The number of piperazine rings is 1. The third-order valence-corrected chi connectivity index (χ3v) is 5.82. The van der Waals surface area contributed by atoms with Gasteiger partial charge >= 0.3 is 0 Å². The van der Waals surface area contributed by atoms with E-state index in [-0.39, 0.29) is 5.91 Å². The number of methoxy groups -OCH3 is 1. The summed E-state index contributed by atoms with van der Waals surface area (Å²) in [6.45, 7) is 4.83. The number of alkyl halides is 2. The summed E-state index contributed by atoms with van der Waals surface area (Å²) in [7, 11) is 1.66.